The van der Waals surface area contributed by atoms with Gasteiger partial charge in [0.1, 0.15) is 5.78 Å². The second-order valence-electron chi connectivity index (χ2n) is 5.09. The lowest BCUT2D eigenvalue weighted by atomic mass is 9.92. The highest BCUT2D eigenvalue weighted by molar-refractivity contribution is 7.99. The predicted molar refractivity (Wildman–Crippen MR) is 68.9 cm³/mol. The van der Waals surface area contributed by atoms with Crippen LogP contribution < -0.4 is 0 Å². The number of hydrogen-bond donors (Lipinski definition) is 0. The van der Waals surface area contributed by atoms with Crippen molar-refractivity contribution in [2.24, 2.45) is 5.41 Å². The van der Waals surface area contributed by atoms with E-state index in [1.807, 2.05) is 46.8 Å². The molecule has 3 heteroatoms. The Morgan fingerprint density at radius 1 is 1.31 bits per heavy atom. The van der Waals surface area contributed by atoms with E-state index in [4.69, 9.17) is 0 Å². The van der Waals surface area contributed by atoms with E-state index in [-0.39, 0.29) is 11.2 Å². The van der Waals surface area contributed by atoms with Crippen LogP contribution in [0.25, 0.3) is 0 Å². The quantitative estimate of drug-likeness (QED) is 0.755. The van der Waals surface area contributed by atoms with Crippen LogP contribution in [0.15, 0.2) is 17.2 Å². The second-order valence-corrected chi connectivity index (χ2v) is 6.08. The molecule has 16 heavy (non-hydrogen) atoms. The molecule has 0 radical (unpaired) electrons. The van der Waals surface area contributed by atoms with Crippen LogP contribution in [-0.2, 0) is 4.79 Å². The number of carbonyl (C=O) groups excluding carboxylic acids is 1. The maximum absolute atomic E-state index is 11.8. The van der Waals surface area contributed by atoms with E-state index in [9.17, 15) is 4.79 Å². The summed E-state index contributed by atoms with van der Waals surface area (Å²) in [7, 11) is 0. The van der Waals surface area contributed by atoms with Crippen molar-refractivity contribution in [2.75, 3.05) is 5.75 Å². The Bertz CT molecular complexity index is 373. The summed E-state index contributed by atoms with van der Waals surface area (Å²) in [5, 5.41) is 0.940. The summed E-state index contributed by atoms with van der Waals surface area (Å²) in [6.07, 6.45) is 0. The molecule has 0 saturated heterocycles. The van der Waals surface area contributed by atoms with E-state index in [1.54, 1.807) is 0 Å². The van der Waals surface area contributed by atoms with Crippen LogP contribution in [0, 0.1) is 19.3 Å². The number of aryl methyl sites for hydroxylation is 2. The Labute approximate surface area is 102 Å². The van der Waals surface area contributed by atoms with E-state index in [0.717, 1.165) is 10.7 Å². The van der Waals surface area contributed by atoms with Crippen LogP contribution in [0.2, 0.25) is 0 Å². The van der Waals surface area contributed by atoms with Crippen molar-refractivity contribution in [1.82, 2.24) is 4.98 Å². The van der Waals surface area contributed by atoms with E-state index in [1.165, 1.54) is 17.3 Å². The molecule has 0 unspecified atom stereocenters. The van der Waals surface area contributed by atoms with Gasteiger partial charge in [-0.25, -0.2) is 4.98 Å². The molecule has 0 aliphatic carbocycles. The number of rotatable bonds is 3. The van der Waals surface area contributed by atoms with Crippen LogP contribution in [0.4, 0.5) is 0 Å². The minimum absolute atomic E-state index is 0.258. The number of thioether (sulfide) groups is 1. The van der Waals surface area contributed by atoms with Crippen molar-refractivity contribution in [3.8, 4) is 0 Å². The molecule has 0 atom stereocenters. The Morgan fingerprint density at radius 2 is 1.94 bits per heavy atom. The normalized spacial score (nSPS) is 11.6. The van der Waals surface area contributed by atoms with Crippen molar-refractivity contribution in [3.63, 3.8) is 0 Å². The fraction of sp³-hybridized carbons (Fsp3) is 0.538. The molecule has 0 aliphatic heterocycles. The lowest BCUT2D eigenvalue weighted by molar-refractivity contribution is -0.123. The Balaban J connectivity index is 2.65. The molecule has 0 bridgehead atoms. The number of ketones is 1. The molecular formula is C13H19NOS. The first kappa shape index (κ1) is 13.2. The molecule has 1 aromatic rings. The van der Waals surface area contributed by atoms with E-state index >= 15 is 0 Å². The van der Waals surface area contributed by atoms with E-state index in [0.29, 0.717) is 5.75 Å². The summed E-state index contributed by atoms with van der Waals surface area (Å²) in [4.78, 5) is 16.2. The Morgan fingerprint density at radius 3 is 2.44 bits per heavy atom. The lowest BCUT2D eigenvalue weighted by Crippen LogP contribution is -2.22. The highest BCUT2D eigenvalue weighted by Gasteiger charge is 2.21. The third-order valence-electron chi connectivity index (χ3n) is 2.26. The minimum Gasteiger partial charge on any atom is -0.298 e. The van der Waals surface area contributed by atoms with E-state index < -0.39 is 0 Å². The maximum Gasteiger partial charge on any atom is 0.148 e. The van der Waals surface area contributed by atoms with Gasteiger partial charge in [0.25, 0.3) is 0 Å². The molecule has 0 amide bonds. The molecule has 1 rings (SSSR count). The van der Waals surface area contributed by atoms with Crippen molar-refractivity contribution in [1.29, 1.82) is 0 Å². The Kier molecular flexibility index (Phi) is 4.14. The van der Waals surface area contributed by atoms with Gasteiger partial charge in [0.15, 0.2) is 0 Å². The zero-order chi connectivity index (χ0) is 12.3. The van der Waals surface area contributed by atoms with Gasteiger partial charge in [-0.1, -0.05) is 32.5 Å². The topological polar surface area (TPSA) is 30.0 Å². The summed E-state index contributed by atoms with van der Waals surface area (Å²) >= 11 is 1.52. The molecule has 0 fully saturated rings. The minimum atomic E-state index is -0.258. The van der Waals surface area contributed by atoms with Crippen molar-refractivity contribution >= 4 is 17.5 Å². The number of pyridine rings is 1. The van der Waals surface area contributed by atoms with Gasteiger partial charge in [-0.2, -0.15) is 0 Å². The summed E-state index contributed by atoms with van der Waals surface area (Å²) in [6.45, 7) is 9.87. The number of nitrogens with zero attached hydrogens (tertiary/aromatic N) is 1. The first-order valence-electron chi connectivity index (χ1n) is 5.40. The predicted octanol–water partition coefficient (Wildman–Crippen LogP) is 3.41. The molecule has 0 spiro atoms. The monoisotopic (exact) mass is 237 g/mol. The highest BCUT2D eigenvalue weighted by Crippen LogP contribution is 2.22. The maximum atomic E-state index is 11.8. The van der Waals surface area contributed by atoms with Gasteiger partial charge in [0.2, 0.25) is 0 Å². The lowest BCUT2D eigenvalue weighted by Gasteiger charge is -2.15. The number of carbonyl (C=O) groups is 1. The van der Waals surface area contributed by atoms with Crippen molar-refractivity contribution in [2.45, 2.75) is 39.6 Å². The molecule has 1 aromatic heterocycles. The van der Waals surface area contributed by atoms with Crippen LogP contribution in [0.1, 0.15) is 32.0 Å². The van der Waals surface area contributed by atoms with Crippen LogP contribution in [0.5, 0.6) is 0 Å². The average Bonchev–Trinajstić information content (AvgIpc) is 2.11. The third-order valence-corrected chi connectivity index (χ3v) is 3.17. The Hall–Kier alpha value is -0.830. The molecule has 1 heterocycles. The summed E-state index contributed by atoms with van der Waals surface area (Å²) in [5.41, 5.74) is 1.94. The molecule has 0 aromatic carbocycles. The van der Waals surface area contributed by atoms with Gasteiger partial charge in [-0.3, -0.25) is 4.79 Å². The largest absolute Gasteiger partial charge is 0.298 e. The molecule has 0 aliphatic rings. The first-order chi connectivity index (χ1) is 7.29. The summed E-state index contributed by atoms with van der Waals surface area (Å²) < 4.78 is 0. The highest BCUT2D eigenvalue weighted by atomic mass is 32.2. The summed E-state index contributed by atoms with van der Waals surface area (Å²) in [6, 6.07) is 4.06. The zero-order valence-corrected chi connectivity index (χ0v) is 11.4. The van der Waals surface area contributed by atoms with Gasteiger partial charge in [0.05, 0.1) is 10.8 Å². The van der Waals surface area contributed by atoms with Crippen LogP contribution >= 0.6 is 11.8 Å². The van der Waals surface area contributed by atoms with Gasteiger partial charge >= 0.3 is 0 Å². The van der Waals surface area contributed by atoms with Gasteiger partial charge < -0.3 is 0 Å². The zero-order valence-electron chi connectivity index (χ0n) is 10.6. The van der Waals surface area contributed by atoms with Crippen molar-refractivity contribution in [3.05, 3.63) is 23.4 Å². The SMILES string of the molecule is Cc1cc(C)nc(SCC(=O)C(C)(C)C)c1. The standard InChI is InChI=1S/C13H19NOS/c1-9-6-10(2)14-12(7-9)16-8-11(15)13(3,4)5/h6-7H,8H2,1-5H3. The summed E-state index contributed by atoms with van der Waals surface area (Å²) in [5.74, 6) is 0.762. The van der Waals surface area contributed by atoms with Crippen molar-refractivity contribution < 1.29 is 4.79 Å². The first-order valence-corrected chi connectivity index (χ1v) is 6.39. The van der Waals surface area contributed by atoms with Crippen LogP contribution in [-0.4, -0.2) is 16.5 Å². The number of Topliss-reactive ketones (excluding diaryl/α,β-unsaturated/α-hetero) is 1. The number of aromatic nitrogens is 1. The molecule has 2 nitrogen and oxygen atoms in total. The fourth-order valence-corrected chi connectivity index (χ4v) is 2.42. The third kappa shape index (κ3) is 3.97. The smallest absolute Gasteiger partial charge is 0.148 e. The van der Waals surface area contributed by atoms with Gasteiger partial charge in [-0.05, 0) is 31.5 Å². The van der Waals surface area contributed by atoms with Gasteiger partial charge in [-0.15, -0.1) is 0 Å². The molecule has 0 N–H and O–H groups in total. The van der Waals surface area contributed by atoms with E-state index in [2.05, 4.69) is 4.98 Å². The fourth-order valence-electron chi connectivity index (χ4n) is 1.23. The molecular weight excluding hydrogens is 218 g/mol. The molecule has 88 valence electrons. The average molecular weight is 237 g/mol. The van der Waals surface area contributed by atoms with Gasteiger partial charge in [0, 0.05) is 11.1 Å². The van der Waals surface area contributed by atoms with Crippen LogP contribution in [0.3, 0.4) is 0 Å². The number of hydrogen-bond acceptors (Lipinski definition) is 3. The molecule has 0 saturated carbocycles. The second kappa shape index (κ2) is 5.00.